The molecule has 0 aromatic carbocycles. The van der Waals surface area contributed by atoms with Crippen molar-refractivity contribution in [1.29, 1.82) is 0 Å². The zero-order valence-corrected chi connectivity index (χ0v) is 10.6. The Bertz CT molecular complexity index is 270. The maximum absolute atomic E-state index is 10.6. The fraction of sp³-hybridized carbons (Fsp3) is 0.846. The third-order valence-corrected chi connectivity index (χ3v) is 3.89. The summed E-state index contributed by atoms with van der Waals surface area (Å²) in [6.07, 6.45) is 4.62. The highest BCUT2D eigenvalue weighted by Gasteiger charge is 2.43. The van der Waals surface area contributed by atoms with Gasteiger partial charge >= 0.3 is 0 Å². The van der Waals surface area contributed by atoms with E-state index >= 15 is 0 Å². The van der Waals surface area contributed by atoms with Gasteiger partial charge in [0.25, 0.3) is 0 Å². The number of nitrogens with zero attached hydrogens (tertiary/aromatic N) is 1. The standard InChI is InChI=1S/C13H23NO2/c1-10(2)4-5-13(15)6-11-8-16-9-12(7-13)14(11)3/h4,11-12,15H,5-9H2,1-3H3. The normalized spacial score (nSPS) is 39.5. The van der Waals surface area contributed by atoms with Crippen LogP contribution in [0.25, 0.3) is 0 Å². The summed E-state index contributed by atoms with van der Waals surface area (Å²) in [6, 6.07) is 0.783. The van der Waals surface area contributed by atoms with Crippen molar-refractivity contribution in [2.75, 3.05) is 20.3 Å². The predicted molar refractivity (Wildman–Crippen MR) is 64.4 cm³/mol. The fourth-order valence-electron chi connectivity index (χ4n) is 2.80. The lowest BCUT2D eigenvalue weighted by molar-refractivity contribution is -0.132. The Kier molecular flexibility index (Phi) is 3.38. The van der Waals surface area contributed by atoms with Gasteiger partial charge in [-0.2, -0.15) is 0 Å². The molecule has 1 N–H and O–H groups in total. The number of hydrogen-bond acceptors (Lipinski definition) is 3. The average Bonchev–Trinajstić information content (AvgIpc) is 2.18. The molecule has 2 fully saturated rings. The van der Waals surface area contributed by atoms with Gasteiger partial charge in [0.2, 0.25) is 0 Å². The number of morpholine rings is 1. The molecular weight excluding hydrogens is 202 g/mol. The summed E-state index contributed by atoms with van der Waals surface area (Å²) in [5.74, 6) is 0. The van der Waals surface area contributed by atoms with Gasteiger partial charge in [0.15, 0.2) is 0 Å². The summed E-state index contributed by atoms with van der Waals surface area (Å²) in [4.78, 5) is 2.38. The molecule has 2 aliphatic heterocycles. The number of aliphatic hydroxyl groups is 1. The third-order valence-electron chi connectivity index (χ3n) is 3.89. The highest BCUT2D eigenvalue weighted by Crippen LogP contribution is 2.35. The van der Waals surface area contributed by atoms with E-state index in [9.17, 15) is 5.11 Å². The van der Waals surface area contributed by atoms with Gasteiger partial charge in [-0.15, -0.1) is 0 Å². The lowest BCUT2D eigenvalue weighted by Gasteiger charge is -2.50. The molecule has 2 aliphatic rings. The zero-order chi connectivity index (χ0) is 11.8. The van der Waals surface area contributed by atoms with Gasteiger partial charge in [-0.3, -0.25) is 4.90 Å². The molecule has 2 saturated heterocycles. The van der Waals surface area contributed by atoms with E-state index in [-0.39, 0.29) is 0 Å². The van der Waals surface area contributed by atoms with E-state index in [1.807, 2.05) is 0 Å². The lowest BCUT2D eigenvalue weighted by Crippen LogP contribution is -2.60. The number of ether oxygens (including phenoxy) is 1. The van der Waals surface area contributed by atoms with Crippen LogP contribution in [0, 0.1) is 0 Å². The van der Waals surface area contributed by atoms with Crippen molar-refractivity contribution in [3.05, 3.63) is 11.6 Å². The summed E-state index contributed by atoms with van der Waals surface area (Å²) in [5.41, 5.74) is 0.775. The van der Waals surface area contributed by atoms with Gasteiger partial charge in [0.1, 0.15) is 0 Å². The van der Waals surface area contributed by atoms with Crippen LogP contribution in [0.4, 0.5) is 0 Å². The van der Waals surface area contributed by atoms with Crippen molar-refractivity contribution in [2.45, 2.75) is 50.8 Å². The van der Waals surface area contributed by atoms with Crippen LogP contribution in [0.3, 0.4) is 0 Å². The summed E-state index contributed by atoms with van der Waals surface area (Å²) >= 11 is 0. The Hall–Kier alpha value is -0.380. The van der Waals surface area contributed by atoms with E-state index in [1.165, 1.54) is 5.57 Å². The molecule has 16 heavy (non-hydrogen) atoms. The Morgan fingerprint density at radius 2 is 1.94 bits per heavy atom. The molecule has 0 spiro atoms. The Morgan fingerprint density at radius 1 is 1.38 bits per heavy atom. The molecule has 2 unspecified atom stereocenters. The minimum Gasteiger partial charge on any atom is -0.389 e. The first kappa shape index (κ1) is 12.1. The summed E-state index contributed by atoms with van der Waals surface area (Å²) in [6.45, 7) is 5.71. The molecule has 2 rings (SSSR count). The molecule has 0 aromatic heterocycles. The van der Waals surface area contributed by atoms with Gasteiger partial charge in [-0.05, 0) is 40.2 Å². The predicted octanol–water partition coefficient (Wildman–Crippen LogP) is 1.57. The third kappa shape index (κ3) is 2.47. The van der Waals surface area contributed by atoms with Crippen LogP contribution >= 0.6 is 0 Å². The van der Waals surface area contributed by atoms with Crippen LogP contribution in [0.5, 0.6) is 0 Å². The Morgan fingerprint density at radius 3 is 2.44 bits per heavy atom. The molecule has 92 valence electrons. The Balaban J connectivity index is 2.05. The molecule has 0 amide bonds. The minimum atomic E-state index is -0.511. The van der Waals surface area contributed by atoms with Gasteiger partial charge < -0.3 is 9.84 Å². The highest BCUT2D eigenvalue weighted by atomic mass is 16.5. The smallest absolute Gasteiger partial charge is 0.0713 e. The van der Waals surface area contributed by atoms with Crippen LogP contribution < -0.4 is 0 Å². The summed E-state index contributed by atoms with van der Waals surface area (Å²) in [7, 11) is 2.15. The van der Waals surface area contributed by atoms with Crippen molar-refractivity contribution in [3.63, 3.8) is 0 Å². The summed E-state index contributed by atoms with van der Waals surface area (Å²) in [5, 5.41) is 10.6. The maximum Gasteiger partial charge on any atom is 0.0713 e. The van der Waals surface area contributed by atoms with Gasteiger partial charge in [0, 0.05) is 12.1 Å². The first-order valence-corrected chi connectivity index (χ1v) is 6.16. The molecule has 2 atom stereocenters. The number of fused-ring (bicyclic) bond motifs is 2. The van der Waals surface area contributed by atoms with E-state index in [0.717, 1.165) is 32.5 Å². The van der Waals surface area contributed by atoms with Crippen LogP contribution in [-0.2, 0) is 4.74 Å². The number of piperidine rings is 1. The molecule has 3 heteroatoms. The molecular formula is C13H23NO2. The van der Waals surface area contributed by atoms with Gasteiger partial charge in [-0.1, -0.05) is 11.6 Å². The van der Waals surface area contributed by atoms with Crippen molar-refractivity contribution < 1.29 is 9.84 Å². The first-order chi connectivity index (χ1) is 7.50. The van der Waals surface area contributed by atoms with Crippen molar-refractivity contribution in [1.82, 2.24) is 4.90 Å². The second-order valence-electron chi connectivity index (χ2n) is 5.63. The molecule has 2 bridgehead atoms. The molecule has 2 heterocycles. The minimum absolute atomic E-state index is 0.392. The highest BCUT2D eigenvalue weighted by molar-refractivity contribution is 5.04. The second kappa shape index (κ2) is 4.47. The second-order valence-corrected chi connectivity index (χ2v) is 5.63. The molecule has 0 saturated carbocycles. The first-order valence-electron chi connectivity index (χ1n) is 6.16. The molecule has 0 radical (unpaired) electrons. The lowest BCUT2D eigenvalue weighted by atomic mass is 9.79. The van der Waals surface area contributed by atoms with E-state index < -0.39 is 5.60 Å². The van der Waals surface area contributed by atoms with E-state index in [2.05, 4.69) is 31.9 Å². The average molecular weight is 225 g/mol. The summed E-state index contributed by atoms with van der Waals surface area (Å²) < 4.78 is 5.56. The molecule has 0 aromatic rings. The van der Waals surface area contributed by atoms with Gasteiger partial charge in [0.05, 0.1) is 18.8 Å². The number of hydrogen-bond donors (Lipinski definition) is 1. The number of rotatable bonds is 2. The van der Waals surface area contributed by atoms with Crippen LogP contribution in [-0.4, -0.2) is 48.0 Å². The topological polar surface area (TPSA) is 32.7 Å². The van der Waals surface area contributed by atoms with Crippen molar-refractivity contribution in [2.24, 2.45) is 0 Å². The zero-order valence-electron chi connectivity index (χ0n) is 10.6. The quantitative estimate of drug-likeness (QED) is 0.724. The molecule has 3 nitrogen and oxygen atoms in total. The van der Waals surface area contributed by atoms with Crippen LogP contribution in [0.15, 0.2) is 11.6 Å². The van der Waals surface area contributed by atoms with Crippen LogP contribution in [0.1, 0.15) is 33.1 Å². The number of likely N-dealkylation sites (N-methyl/N-ethyl adjacent to an activating group) is 1. The maximum atomic E-state index is 10.6. The van der Waals surface area contributed by atoms with Crippen molar-refractivity contribution >= 4 is 0 Å². The van der Waals surface area contributed by atoms with Crippen LogP contribution in [0.2, 0.25) is 0 Å². The molecule has 0 aliphatic carbocycles. The van der Waals surface area contributed by atoms with E-state index in [4.69, 9.17) is 4.74 Å². The fourth-order valence-corrected chi connectivity index (χ4v) is 2.80. The number of allylic oxidation sites excluding steroid dienone is 1. The van der Waals surface area contributed by atoms with Crippen molar-refractivity contribution in [3.8, 4) is 0 Å². The largest absolute Gasteiger partial charge is 0.389 e. The van der Waals surface area contributed by atoms with E-state index in [1.54, 1.807) is 0 Å². The monoisotopic (exact) mass is 225 g/mol. The van der Waals surface area contributed by atoms with Gasteiger partial charge in [-0.25, -0.2) is 0 Å². The SMILES string of the molecule is CC(C)=CCC1(O)CC2COCC(C1)N2C. The van der Waals surface area contributed by atoms with E-state index in [0.29, 0.717) is 12.1 Å². The Labute approximate surface area is 98.1 Å².